The van der Waals surface area contributed by atoms with Crippen molar-refractivity contribution in [3.05, 3.63) is 29.8 Å². The summed E-state index contributed by atoms with van der Waals surface area (Å²) in [7, 11) is -2.95. The van der Waals surface area contributed by atoms with Crippen molar-refractivity contribution in [1.82, 2.24) is 5.32 Å². The monoisotopic (exact) mass is 270 g/mol. The molecule has 0 aliphatic rings. The maximum atomic E-state index is 11.5. The number of hydrogen-bond acceptors (Lipinski definition) is 4. The summed E-state index contributed by atoms with van der Waals surface area (Å²) in [5, 5.41) is 2.68. The zero-order chi connectivity index (χ0) is 13.6. The number of nitrogens with two attached hydrogens (primary N) is 1. The molecule has 6 heteroatoms. The van der Waals surface area contributed by atoms with Crippen LogP contribution in [-0.2, 0) is 21.1 Å². The number of carbonyl (C=O) groups excluding carboxylic acids is 1. The highest BCUT2D eigenvalue weighted by Crippen LogP contribution is 2.05. The van der Waals surface area contributed by atoms with Crippen LogP contribution in [0.2, 0.25) is 0 Å². The van der Waals surface area contributed by atoms with Gasteiger partial charge in [0.15, 0.2) is 0 Å². The number of nitrogens with one attached hydrogen (secondary N) is 1. The molecule has 1 rings (SSSR count). The van der Waals surface area contributed by atoms with E-state index in [0.717, 1.165) is 5.56 Å². The number of sulfone groups is 1. The molecule has 0 saturated heterocycles. The Balaban J connectivity index is 2.28. The van der Waals surface area contributed by atoms with E-state index >= 15 is 0 Å². The Bertz CT molecular complexity index is 495. The summed E-state index contributed by atoms with van der Waals surface area (Å²) in [5.41, 5.74) is 7.08. The predicted octanol–water partition coefficient (Wildman–Crippen LogP) is 0.362. The molecule has 100 valence electrons. The number of rotatable bonds is 6. The van der Waals surface area contributed by atoms with E-state index in [2.05, 4.69) is 5.32 Å². The van der Waals surface area contributed by atoms with Gasteiger partial charge >= 0.3 is 0 Å². The highest BCUT2D eigenvalue weighted by Gasteiger charge is 2.04. The van der Waals surface area contributed by atoms with Crippen LogP contribution in [0.5, 0.6) is 0 Å². The Morgan fingerprint density at radius 1 is 1.28 bits per heavy atom. The first kappa shape index (κ1) is 14.5. The third-order valence-electron chi connectivity index (χ3n) is 2.36. The van der Waals surface area contributed by atoms with Crippen LogP contribution in [-0.4, -0.2) is 32.9 Å². The fraction of sp³-hybridized carbons (Fsp3) is 0.417. The summed E-state index contributed by atoms with van der Waals surface area (Å²) in [4.78, 5) is 11.5. The van der Waals surface area contributed by atoms with Crippen LogP contribution < -0.4 is 11.1 Å². The summed E-state index contributed by atoms with van der Waals surface area (Å²) in [5.74, 6) is -0.0249. The Hall–Kier alpha value is -1.56. The highest BCUT2D eigenvalue weighted by molar-refractivity contribution is 7.90. The van der Waals surface area contributed by atoms with Gasteiger partial charge < -0.3 is 11.1 Å². The van der Waals surface area contributed by atoms with E-state index in [0.29, 0.717) is 18.7 Å². The maximum absolute atomic E-state index is 11.5. The molecule has 0 unspecified atom stereocenters. The van der Waals surface area contributed by atoms with Crippen LogP contribution in [0, 0.1) is 0 Å². The van der Waals surface area contributed by atoms with Gasteiger partial charge in [0.2, 0.25) is 5.91 Å². The second kappa shape index (κ2) is 6.39. The molecule has 1 aromatic carbocycles. The Kier molecular flexibility index (Phi) is 5.15. The highest BCUT2D eigenvalue weighted by atomic mass is 32.2. The van der Waals surface area contributed by atoms with Gasteiger partial charge in [0.05, 0.1) is 12.2 Å². The summed E-state index contributed by atoms with van der Waals surface area (Å²) in [6.07, 6.45) is 1.90. The Labute approximate surface area is 107 Å². The molecule has 0 aliphatic carbocycles. The summed E-state index contributed by atoms with van der Waals surface area (Å²) >= 11 is 0. The maximum Gasteiger partial charge on any atom is 0.224 e. The normalized spacial score (nSPS) is 11.2. The average molecular weight is 270 g/mol. The van der Waals surface area contributed by atoms with E-state index < -0.39 is 9.84 Å². The minimum absolute atomic E-state index is 0.0924. The predicted molar refractivity (Wildman–Crippen MR) is 71.9 cm³/mol. The zero-order valence-electron chi connectivity index (χ0n) is 10.3. The SMILES string of the molecule is CS(=O)(=O)CCCNC(=O)Cc1ccc(N)cc1. The smallest absolute Gasteiger partial charge is 0.224 e. The summed E-state index contributed by atoms with van der Waals surface area (Å²) < 4.78 is 21.7. The molecule has 0 bridgehead atoms. The molecule has 1 aromatic rings. The molecule has 0 aromatic heterocycles. The molecule has 0 saturated carbocycles. The van der Waals surface area contributed by atoms with Gasteiger partial charge in [-0.15, -0.1) is 0 Å². The van der Waals surface area contributed by atoms with Gasteiger partial charge in [-0.2, -0.15) is 0 Å². The van der Waals surface area contributed by atoms with E-state index in [1.807, 2.05) is 0 Å². The molecular formula is C12H18N2O3S. The Morgan fingerprint density at radius 2 is 1.89 bits per heavy atom. The van der Waals surface area contributed by atoms with Crippen molar-refractivity contribution in [3.63, 3.8) is 0 Å². The van der Waals surface area contributed by atoms with Crippen molar-refractivity contribution in [2.24, 2.45) is 0 Å². The standard InChI is InChI=1S/C12H18N2O3S/c1-18(16,17)8-2-7-14-12(15)9-10-3-5-11(13)6-4-10/h3-6H,2,7-9,13H2,1H3,(H,14,15). The number of hydrogen-bond donors (Lipinski definition) is 2. The van der Waals surface area contributed by atoms with E-state index in [-0.39, 0.29) is 18.1 Å². The third-order valence-corrected chi connectivity index (χ3v) is 3.39. The van der Waals surface area contributed by atoms with Crippen molar-refractivity contribution in [1.29, 1.82) is 0 Å². The number of anilines is 1. The van der Waals surface area contributed by atoms with Crippen LogP contribution in [0.4, 0.5) is 5.69 Å². The minimum atomic E-state index is -2.95. The van der Waals surface area contributed by atoms with Gasteiger partial charge in [0, 0.05) is 18.5 Å². The number of nitrogen functional groups attached to an aromatic ring is 1. The van der Waals surface area contributed by atoms with Gasteiger partial charge in [0.1, 0.15) is 9.84 Å². The van der Waals surface area contributed by atoms with E-state index in [1.54, 1.807) is 24.3 Å². The van der Waals surface area contributed by atoms with Crippen LogP contribution in [0.25, 0.3) is 0 Å². The van der Waals surface area contributed by atoms with Crippen LogP contribution in [0.1, 0.15) is 12.0 Å². The quantitative estimate of drug-likeness (QED) is 0.577. The lowest BCUT2D eigenvalue weighted by Gasteiger charge is -2.05. The van der Waals surface area contributed by atoms with Crippen LogP contribution in [0.15, 0.2) is 24.3 Å². The first-order valence-electron chi connectivity index (χ1n) is 5.66. The summed E-state index contributed by atoms with van der Waals surface area (Å²) in [6, 6.07) is 7.08. The minimum Gasteiger partial charge on any atom is -0.399 e. The van der Waals surface area contributed by atoms with Crippen molar-refractivity contribution in [2.45, 2.75) is 12.8 Å². The molecule has 0 radical (unpaired) electrons. The molecule has 18 heavy (non-hydrogen) atoms. The molecule has 5 nitrogen and oxygen atoms in total. The molecular weight excluding hydrogens is 252 g/mol. The van der Waals surface area contributed by atoms with Gasteiger partial charge in [-0.3, -0.25) is 4.79 Å². The lowest BCUT2D eigenvalue weighted by molar-refractivity contribution is -0.120. The van der Waals surface area contributed by atoms with E-state index in [4.69, 9.17) is 5.73 Å². The fourth-order valence-corrected chi connectivity index (χ4v) is 2.11. The molecule has 0 heterocycles. The van der Waals surface area contributed by atoms with E-state index in [1.165, 1.54) is 6.26 Å². The number of benzene rings is 1. The van der Waals surface area contributed by atoms with Gasteiger partial charge in [-0.1, -0.05) is 12.1 Å². The molecule has 1 amide bonds. The van der Waals surface area contributed by atoms with Gasteiger partial charge in [-0.25, -0.2) is 8.42 Å². The number of carbonyl (C=O) groups is 1. The molecule has 3 N–H and O–H groups in total. The Morgan fingerprint density at radius 3 is 2.44 bits per heavy atom. The van der Waals surface area contributed by atoms with Crippen molar-refractivity contribution >= 4 is 21.4 Å². The average Bonchev–Trinajstić information content (AvgIpc) is 2.26. The second-order valence-electron chi connectivity index (χ2n) is 4.25. The molecule has 0 atom stereocenters. The van der Waals surface area contributed by atoms with Crippen molar-refractivity contribution in [3.8, 4) is 0 Å². The first-order chi connectivity index (χ1) is 8.37. The van der Waals surface area contributed by atoms with Gasteiger partial charge in [0.25, 0.3) is 0 Å². The lowest BCUT2D eigenvalue weighted by Crippen LogP contribution is -2.27. The van der Waals surface area contributed by atoms with Crippen molar-refractivity contribution < 1.29 is 13.2 Å². The topological polar surface area (TPSA) is 89.3 Å². The van der Waals surface area contributed by atoms with Gasteiger partial charge in [-0.05, 0) is 24.1 Å². The van der Waals surface area contributed by atoms with Crippen LogP contribution >= 0.6 is 0 Å². The molecule has 0 fully saturated rings. The van der Waals surface area contributed by atoms with Crippen LogP contribution in [0.3, 0.4) is 0 Å². The van der Waals surface area contributed by atoms with Crippen molar-refractivity contribution in [2.75, 3.05) is 24.3 Å². The zero-order valence-corrected chi connectivity index (χ0v) is 11.2. The second-order valence-corrected chi connectivity index (χ2v) is 6.51. The largest absolute Gasteiger partial charge is 0.399 e. The lowest BCUT2D eigenvalue weighted by atomic mass is 10.1. The summed E-state index contributed by atoms with van der Waals surface area (Å²) in [6.45, 7) is 0.376. The molecule has 0 spiro atoms. The third kappa shape index (κ3) is 6.24. The van der Waals surface area contributed by atoms with E-state index in [9.17, 15) is 13.2 Å². The fourth-order valence-electron chi connectivity index (χ4n) is 1.45. The molecule has 0 aliphatic heterocycles. The number of amides is 1. The first-order valence-corrected chi connectivity index (χ1v) is 7.72.